The van der Waals surface area contributed by atoms with Crippen molar-refractivity contribution in [1.82, 2.24) is 0 Å². The highest BCUT2D eigenvalue weighted by Gasteiger charge is 1.88. The van der Waals surface area contributed by atoms with E-state index in [-0.39, 0.29) is 0 Å². The Kier molecular flexibility index (Phi) is 1.44. The Balaban J connectivity index is 3.23. The summed E-state index contributed by atoms with van der Waals surface area (Å²) >= 11 is 0. The molecule has 0 fully saturated rings. The second kappa shape index (κ2) is 2.26. The predicted molar refractivity (Wildman–Crippen MR) is 30.4 cm³/mol. The van der Waals surface area contributed by atoms with E-state index in [1.807, 2.05) is 0 Å². The van der Waals surface area contributed by atoms with E-state index in [2.05, 4.69) is 4.42 Å². The van der Waals surface area contributed by atoms with Gasteiger partial charge in [-0.05, 0) is 6.07 Å². The van der Waals surface area contributed by atoms with Gasteiger partial charge in [-0.15, -0.1) is 0 Å². The average Bonchev–Trinajstić information content (AvgIpc) is 1.88. The second-order valence-corrected chi connectivity index (χ2v) is 1.50. The maximum atomic E-state index is 10.3. The zero-order valence-electron chi connectivity index (χ0n) is 4.53. The Morgan fingerprint density at radius 1 is 1.56 bits per heavy atom. The molecule has 0 atom stereocenters. The summed E-state index contributed by atoms with van der Waals surface area (Å²) in [7, 11) is 0. The molecule has 3 heteroatoms. The first kappa shape index (κ1) is 5.75. The van der Waals surface area contributed by atoms with Gasteiger partial charge in [-0.2, -0.15) is 0 Å². The maximum Gasteiger partial charge on any atom is 0.336 e. The third kappa shape index (κ3) is 1.25. The van der Waals surface area contributed by atoms with Gasteiger partial charge in [-0.1, -0.05) is 0 Å². The van der Waals surface area contributed by atoms with Crippen molar-refractivity contribution < 1.29 is 9.21 Å². The molecule has 0 N–H and O–H groups in total. The van der Waals surface area contributed by atoms with Crippen LogP contribution >= 0.6 is 0 Å². The quantitative estimate of drug-likeness (QED) is 0.510. The molecule has 3 nitrogen and oxygen atoms in total. The van der Waals surface area contributed by atoms with Gasteiger partial charge in [0.2, 0.25) is 0 Å². The highest BCUT2D eigenvalue weighted by Crippen LogP contribution is 1.86. The minimum absolute atomic E-state index is 0.339. The van der Waals surface area contributed by atoms with Gasteiger partial charge < -0.3 is 4.42 Å². The summed E-state index contributed by atoms with van der Waals surface area (Å²) in [5, 5.41) is 0. The van der Waals surface area contributed by atoms with Gasteiger partial charge in [0, 0.05) is 11.6 Å². The van der Waals surface area contributed by atoms with E-state index >= 15 is 0 Å². The molecule has 0 unspecified atom stereocenters. The molecule has 0 aliphatic rings. The van der Waals surface area contributed by atoms with Crippen LogP contribution in [-0.2, 0) is 0 Å². The molecule has 1 rings (SSSR count). The van der Waals surface area contributed by atoms with Crippen LogP contribution in [0.25, 0.3) is 0 Å². The highest BCUT2D eigenvalue weighted by molar-refractivity contribution is 5.73. The topological polar surface area (TPSA) is 47.3 Å². The molecule has 0 saturated carbocycles. The summed E-state index contributed by atoms with van der Waals surface area (Å²) in [6, 6.07) is 2.56. The zero-order chi connectivity index (χ0) is 6.69. The minimum atomic E-state index is -0.500. The van der Waals surface area contributed by atoms with Crippen LogP contribution in [0.5, 0.6) is 0 Å². The number of hydrogen-bond donors (Lipinski definition) is 0. The van der Waals surface area contributed by atoms with Gasteiger partial charge in [0.05, 0.1) is 6.26 Å². The van der Waals surface area contributed by atoms with Crippen LogP contribution in [0.15, 0.2) is 27.6 Å². The first-order valence-electron chi connectivity index (χ1n) is 2.37. The van der Waals surface area contributed by atoms with Crippen molar-refractivity contribution >= 4 is 6.29 Å². The van der Waals surface area contributed by atoms with E-state index in [1.165, 1.54) is 12.3 Å². The van der Waals surface area contributed by atoms with Crippen LogP contribution in [-0.4, -0.2) is 6.29 Å². The van der Waals surface area contributed by atoms with Gasteiger partial charge in [-0.25, -0.2) is 4.79 Å². The molecule has 1 aromatic rings. The standard InChI is InChI=1S/C6H4O3/c7-4-5-1-2-9-6(8)3-5/h1-4H. The number of rotatable bonds is 1. The molecule has 0 aliphatic carbocycles. The molecule has 1 heterocycles. The summed E-state index contributed by atoms with van der Waals surface area (Å²) in [5.41, 5.74) is -0.161. The lowest BCUT2D eigenvalue weighted by molar-refractivity contribution is 0.112. The molecule has 0 saturated heterocycles. The molecule has 0 radical (unpaired) electrons. The van der Waals surface area contributed by atoms with Crippen molar-refractivity contribution in [2.24, 2.45) is 0 Å². The Bertz CT molecular complexity index is 261. The molecular weight excluding hydrogens is 120 g/mol. The lowest BCUT2D eigenvalue weighted by Crippen LogP contribution is -1.96. The molecule has 0 bridgehead atoms. The summed E-state index contributed by atoms with van der Waals surface area (Å²) in [6.07, 6.45) is 1.78. The summed E-state index contributed by atoms with van der Waals surface area (Å²) in [6.45, 7) is 0. The Hall–Kier alpha value is -1.38. The monoisotopic (exact) mass is 124 g/mol. The number of aldehydes is 1. The van der Waals surface area contributed by atoms with E-state index in [0.717, 1.165) is 6.07 Å². The predicted octanol–water partition coefficient (Wildman–Crippen LogP) is 0.452. The second-order valence-electron chi connectivity index (χ2n) is 1.50. The summed E-state index contributed by atoms with van der Waals surface area (Å²) in [5.74, 6) is 0. The van der Waals surface area contributed by atoms with Crippen molar-refractivity contribution in [1.29, 1.82) is 0 Å². The third-order valence-electron chi connectivity index (χ3n) is 0.865. The van der Waals surface area contributed by atoms with E-state index in [0.29, 0.717) is 11.8 Å². The zero-order valence-corrected chi connectivity index (χ0v) is 4.53. The molecule has 46 valence electrons. The van der Waals surface area contributed by atoms with Crippen LogP contribution < -0.4 is 5.63 Å². The Morgan fingerprint density at radius 3 is 2.78 bits per heavy atom. The van der Waals surface area contributed by atoms with Crippen molar-refractivity contribution in [3.05, 3.63) is 34.4 Å². The van der Waals surface area contributed by atoms with E-state index in [4.69, 9.17) is 0 Å². The minimum Gasteiger partial charge on any atom is -0.431 e. The third-order valence-corrected chi connectivity index (χ3v) is 0.865. The molecule has 0 aromatic carbocycles. The maximum absolute atomic E-state index is 10.3. The van der Waals surface area contributed by atoms with Gasteiger partial charge in [-0.3, -0.25) is 4.79 Å². The van der Waals surface area contributed by atoms with Gasteiger partial charge in [0.15, 0.2) is 0 Å². The summed E-state index contributed by atoms with van der Waals surface area (Å²) in [4.78, 5) is 20.3. The van der Waals surface area contributed by atoms with Crippen molar-refractivity contribution in [2.75, 3.05) is 0 Å². The van der Waals surface area contributed by atoms with Crippen LogP contribution in [0.3, 0.4) is 0 Å². The molecule has 1 aromatic heterocycles. The van der Waals surface area contributed by atoms with Crippen LogP contribution in [0, 0.1) is 0 Å². The van der Waals surface area contributed by atoms with Crippen molar-refractivity contribution in [3.63, 3.8) is 0 Å². The number of carbonyl (C=O) groups is 1. The fraction of sp³-hybridized carbons (Fsp3) is 0. The van der Waals surface area contributed by atoms with Crippen LogP contribution in [0.1, 0.15) is 10.4 Å². The molecule has 0 spiro atoms. The fourth-order valence-electron chi connectivity index (χ4n) is 0.471. The smallest absolute Gasteiger partial charge is 0.336 e. The van der Waals surface area contributed by atoms with E-state index in [9.17, 15) is 9.59 Å². The normalized spacial score (nSPS) is 8.89. The van der Waals surface area contributed by atoms with Crippen LogP contribution in [0.2, 0.25) is 0 Å². The molecular formula is C6H4O3. The number of hydrogen-bond acceptors (Lipinski definition) is 3. The summed E-state index contributed by atoms with van der Waals surface area (Å²) < 4.78 is 4.36. The first-order valence-corrected chi connectivity index (χ1v) is 2.37. The SMILES string of the molecule is O=Cc1ccoc(=O)c1. The van der Waals surface area contributed by atoms with Gasteiger partial charge in [0.25, 0.3) is 0 Å². The first-order chi connectivity index (χ1) is 4.33. The van der Waals surface area contributed by atoms with Crippen molar-refractivity contribution in [2.45, 2.75) is 0 Å². The average molecular weight is 124 g/mol. The lowest BCUT2D eigenvalue weighted by atomic mass is 10.3. The van der Waals surface area contributed by atoms with E-state index < -0.39 is 5.63 Å². The lowest BCUT2D eigenvalue weighted by Gasteiger charge is -1.81. The van der Waals surface area contributed by atoms with Crippen molar-refractivity contribution in [3.8, 4) is 0 Å². The fourth-order valence-corrected chi connectivity index (χ4v) is 0.471. The Morgan fingerprint density at radius 2 is 2.33 bits per heavy atom. The van der Waals surface area contributed by atoms with E-state index in [1.54, 1.807) is 0 Å². The van der Waals surface area contributed by atoms with Crippen LogP contribution in [0.4, 0.5) is 0 Å². The highest BCUT2D eigenvalue weighted by atomic mass is 16.4. The Labute approximate surface area is 50.9 Å². The molecule has 0 aliphatic heterocycles. The largest absolute Gasteiger partial charge is 0.431 e. The number of carbonyl (C=O) groups excluding carboxylic acids is 1. The molecule has 0 amide bonds. The van der Waals surface area contributed by atoms with Gasteiger partial charge >= 0.3 is 5.63 Å². The van der Waals surface area contributed by atoms with Gasteiger partial charge in [0.1, 0.15) is 6.29 Å². The molecule has 9 heavy (non-hydrogen) atoms.